The number of benzene rings is 1. The van der Waals surface area contributed by atoms with E-state index < -0.39 is 0 Å². The van der Waals surface area contributed by atoms with Crippen molar-refractivity contribution in [2.24, 2.45) is 4.99 Å². The van der Waals surface area contributed by atoms with Gasteiger partial charge in [-0.25, -0.2) is 0 Å². The number of hydrogen-bond donors (Lipinski definition) is 1. The fraction of sp³-hybridized carbons (Fsp3) is 0.500. The number of aliphatic imine (C=N–C) groups is 1. The molecule has 0 saturated carbocycles. The van der Waals surface area contributed by atoms with Crippen LogP contribution < -0.4 is 14.8 Å². The highest BCUT2D eigenvalue weighted by atomic mass is 32.2. The van der Waals surface area contributed by atoms with E-state index in [9.17, 15) is 0 Å². The molecule has 0 spiro atoms. The number of ether oxygens (including phenoxy) is 2. The summed E-state index contributed by atoms with van der Waals surface area (Å²) in [6.45, 7) is 5.43. The third-order valence-corrected chi connectivity index (χ3v) is 4.84. The second-order valence-electron chi connectivity index (χ2n) is 5.14. The summed E-state index contributed by atoms with van der Waals surface area (Å²) in [7, 11) is 0. The van der Waals surface area contributed by atoms with Crippen molar-refractivity contribution in [3.63, 3.8) is 0 Å². The van der Waals surface area contributed by atoms with E-state index in [1.807, 2.05) is 18.2 Å². The number of nitrogens with zero attached hydrogens (tertiary/aromatic N) is 1. The molecule has 1 atom stereocenters. The van der Waals surface area contributed by atoms with E-state index in [1.165, 1.54) is 0 Å². The number of thioether (sulfide) groups is 1. The number of nitrogens with one attached hydrogen (secondary N) is 1. The van der Waals surface area contributed by atoms with Crippen molar-refractivity contribution in [1.82, 2.24) is 5.32 Å². The summed E-state index contributed by atoms with van der Waals surface area (Å²) in [5, 5.41) is 4.54. The first kappa shape index (κ1) is 12.7. The van der Waals surface area contributed by atoms with Crippen molar-refractivity contribution in [3.05, 3.63) is 23.8 Å². The highest BCUT2D eigenvalue weighted by molar-refractivity contribution is 8.14. The molecule has 102 valence electrons. The Bertz CT molecular complexity index is 518. The van der Waals surface area contributed by atoms with E-state index in [0.29, 0.717) is 13.3 Å². The van der Waals surface area contributed by atoms with Gasteiger partial charge in [-0.3, -0.25) is 4.99 Å². The van der Waals surface area contributed by atoms with Crippen molar-refractivity contribution in [3.8, 4) is 11.5 Å². The van der Waals surface area contributed by atoms with Crippen molar-refractivity contribution < 1.29 is 9.47 Å². The van der Waals surface area contributed by atoms with Gasteiger partial charge in [-0.2, -0.15) is 0 Å². The van der Waals surface area contributed by atoms with Crippen LogP contribution in [-0.2, 0) is 6.54 Å². The second kappa shape index (κ2) is 4.96. The van der Waals surface area contributed by atoms with Crippen LogP contribution in [0.3, 0.4) is 0 Å². The zero-order valence-corrected chi connectivity index (χ0v) is 12.0. The van der Waals surface area contributed by atoms with Crippen LogP contribution in [0.1, 0.15) is 25.8 Å². The highest BCUT2D eigenvalue weighted by Crippen LogP contribution is 2.33. The Hall–Kier alpha value is -1.36. The predicted molar refractivity (Wildman–Crippen MR) is 78.0 cm³/mol. The Labute approximate surface area is 117 Å². The van der Waals surface area contributed by atoms with E-state index in [0.717, 1.165) is 34.4 Å². The smallest absolute Gasteiger partial charge is 0.231 e. The van der Waals surface area contributed by atoms with Gasteiger partial charge in [-0.05, 0) is 31.0 Å². The van der Waals surface area contributed by atoms with Crippen LogP contribution >= 0.6 is 11.8 Å². The van der Waals surface area contributed by atoms with Crippen molar-refractivity contribution in [1.29, 1.82) is 0 Å². The number of amidine groups is 1. The van der Waals surface area contributed by atoms with Crippen molar-refractivity contribution in [2.45, 2.75) is 32.4 Å². The lowest BCUT2D eigenvalue weighted by Gasteiger charge is -2.20. The molecule has 19 heavy (non-hydrogen) atoms. The van der Waals surface area contributed by atoms with E-state index in [2.05, 4.69) is 24.2 Å². The van der Waals surface area contributed by atoms with Gasteiger partial charge in [0, 0.05) is 11.3 Å². The molecular formula is C14H18N2O2S. The lowest BCUT2D eigenvalue weighted by atomic mass is 10.0. The van der Waals surface area contributed by atoms with E-state index in [1.54, 1.807) is 11.8 Å². The summed E-state index contributed by atoms with van der Waals surface area (Å²) in [5.74, 6) is 2.73. The maximum absolute atomic E-state index is 5.37. The Morgan fingerprint density at radius 3 is 3.00 bits per heavy atom. The molecular weight excluding hydrogens is 260 g/mol. The van der Waals surface area contributed by atoms with Gasteiger partial charge in [0.05, 0.1) is 6.54 Å². The number of rotatable bonds is 3. The minimum atomic E-state index is 0.193. The molecule has 0 amide bonds. The van der Waals surface area contributed by atoms with Gasteiger partial charge in [-0.1, -0.05) is 24.8 Å². The molecule has 4 nitrogen and oxygen atoms in total. The van der Waals surface area contributed by atoms with Gasteiger partial charge in [0.2, 0.25) is 6.79 Å². The molecule has 0 aromatic heterocycles. The topological polar surface area (TPSA) is 42.9 Å². The van der Waals surface area contributed by atoms with Gasteiger partial charge < -0.3 is 14.8 Å². The van der Waals surface area contributed by atoms with Crippen LogP contribution in [0.5, 0.6) is 11.5 Å². The van der Waals surface area contributed by atoms with Gasteiger partial charge in [0.1, 0.15) is 0 Å². The summed E-state index contributed by atoms with van der Waals surface area (Å²) in [4.78, 5) is 4.63. The van der Waals surface area contributed by atoms with E-state index >= 15 is 0 Å². The lowest BCUT2D eigenvalue weighted by Crippen LogP contribution is -2.39. The fourth-order valence-corrected chi connectivity index (χ4v) is 3.24. The fourth-order valence-electron chi connectivity index (χ4n) is 2.04. The minimum absolute atomic E-state index is 0.193. The van der Waals surface area contributed by atoms with Crippen molar-refractivity contribution >= 4 is 16.9 Å². The van der Waals surface area contributed by atoms with Crippen molar-refractivity contribution in [2.75, 3.05) is 12.5 Å². The second-order valence-corrected chi connectivity index (χ2v) is 6.10. The molecule has 2 heterocycles. The monoisotopic (exact) mass is 278 g/mol. The lowest BCUT2D eigenvalue weighted by molar-refractivity contribution is 0.174. The molecule has 2 aliphatic rings. The Morgan fingerprint density at radius 2 is 2.21 bits per heavy atom. The quantitative estimate of drug-likeness (QED) is 0.923. The first-order chi connectivity index (χ1) is 9.18. The molecule has 2 aliphatic heterocycles. The molecule has 1 aromatic rings. The molecule has 1 fully saturated rings. The first-order valence-electron chi connectivity index (χ1n) is 6.52. The molecule has 0 aliphatic carbocycles. The maximum atomic E-state index is 5.37. The first-order valence-corrected chi connectivity index (χ1v) is 7.51. The summed E-state index contributed by atoms with van der Waals surface area (Å²) < 4.78 is 10.7. The normalized spacial score (nSPS) is 26.7. The molecule has 1 N–H and O–H groups in total. The Balaban J connectivity index is 1.67. The Kier molecular flexibility index (Phi) is 3.31. The summed E-state index contributed by atoms with van der Waals surface area (Å²) >= 11 is 1.80. The number of hydrogen-bond acceptors (Lipinski definition) is 4. The third kappa shape index (κ3) is 2.66. The minimum Gasteiger partial charge on any atom is -0.454 e. The summed E-state index contributed by atoms with van der Waals surface area (Å²) in [6.07, 6.45) is 1.11. The standard InChI is InChI=1S/C14H18N2O2S/c1-3-14(2)8-19-13(16-14)15-7-10-4-5-11-12(6-10)18-9-17-11/h4-6H,3,7-9H2,1-2H3,(H,15,16). The molecule has 5 heteroatoms. The summed E-state index contributed by atoms with van der Waals surface area (Å²) in [5.41, 5.74) is 1.34. The molecule has 1 aromatic carbocycles. The SMILES string of the molecule is CCC1(C)CSC(=NCc2ccc3c(c2)OCO3)N1. The molecule has 0 radical (unpaired) electrons. The van der Waals surface area contributed by atoms with Crippen LogP contribution in [0.4, 0.5) is 0 Å². The van der Waals surface area contributed by atoms with Crippen LogP contribution in [-0.4, -0.2) is 23.3 Å². The maximum Gasteiger partial charge on any atom is 0.231 e. The van der Waals surface area contributed by atoms with E-state index in [-0.39, 0.29) is 5.54 Å². The third-order valence-electron chi connectivity index (χ3n) is 3.56. The van der Waals surface area contributed by atoms with Crippen LogP contribution in [0.25, 0.3) is 0 Å². The molecule has 1 saturated heterocycles. The Morgan fingerprint density at radius 1 is 1.37 bits per heavy atom. The summed E-state index contributed by atoms with van der Waals surface area (Å²) in [6, 6.07) is 5.99. The van der Waals surface area contributed by atoms with Gasteiger partial charge in [0.15, 0.2) is 16.7 Å². The van der Waals surface area contributed by atoms with Crippen LogP contribution in [0.15, 0.2) is 23.2 Å². The average Bonchev–Trinajstić information content (AvgIpc) is 3.03. The number of fused-ring (bicyclic) bond motifs is 1. The zero-order chi connectivity index (χ0) is 13.3. The predicted octanol–water partition coefficient (Wildman–Crippen LogP) is 2.78. The average molecular weight is 278 g/mol. The van der Waals surface area contributed by atoms with Crippen LogP contribution in [0.2, 0.25) is 0 Å². The molecule has 0 bridgehead atoms. The van der Waals surface area contributed by atoms with Gasteiger partial charge in [0.25, 0.3) is 0 Å². The molecule has 3 rings (SSSR count). The van der Waals surface area contributed by atoms with Crippen LogP contribution in [0, 0.1) is 0 Å². The largest absolute Gasteiger partial charge is 0.454 e. The van der Waals surface area contributed by atoms with Gasteiger partial charge >= 0.3 is 0 Å². The molecule has 1 unspecified atom stereocenters. The highest BCUT2D eigenvalue weighted by Gasteiger charge is 2.30. The van der Waals surface area contributed by atoms with Gasteiger partial charge in [-0.15, -0.1) is 0 Å². The van der Waals surface area contributed by atoms with E-state index in [4.69, 9.17) is 9.47 Å². The zero-order valence-electron chi connectivity index (χ0n) is 11.2.